The van der Waals surface area contributed by atoms with Crippen molar-refractivity contribution in [1.82, 2.24) is 5.16 Å². The number of benzene rings is 1. The summed E-state index contributed by atoms with van der Waals surface area (Å²) >= 11 is 9.17. The minimum atomic E-state index is -1.30. The normalized spacial score (nSPS) is 10.2. The average Bonchev–Trinajstić information content (AvgIpc) is 2.82. The van der Waals surface area contributed by atoms with Crippen LogP contribution in [0.3, 0.4) is 0 Å². The molecule has 0 saturated heterocycles. The molecular formula is C11H6BrClN2O4. The van der Waals surface area contributed by atoms with Crippen molar-refractivity contribution in [3.8, 4) is 0 Å². The van der Waals surface area contributed by atoms with Gasteiger partial charge in [0.25, 0.3) is 5.91 Å². The minimum absolute atomic E-state index is 0.142. The number of nitrogens with zero attached hydrogens (tertiary/aromatic N) is 1. The molecule has 0 radical (unpaired) electrons. The second-order valence-electron chi connectivity index (χ2n) is 3.46. The van der Waals surface area contributed by atoms with E-state index in [0.717, 1.165) is 10.5 Å². The number of amides is 1. The third kappa shape index (κ3) is 3.12. The topological polar surface area (TPSA) is 92.4 Å². The summed E-state index contributed by atoms with van der Waals surface area (Å²) in [5.74, 6) is -2.32. The van der Waals surface area contributed by atoms with Crippen LogP contribution in [0.1, 0.15) is 21.0 Å². The first kappa shape index (κ1) is 13.6. The van der Waals surface area contributed by atoms with E-state index in [-0.39, 0.29) is 5.69 Å². The first-order valence-corrected chi connectivity index (χ1v) is 6.11. The number of rotatable bonds is 3. The lowest BCUT2D eigenvalue weighted by Gasteiger charge is -2.05. The fourth-order valence-electron chi connectivity index (χ4n) is 1.26. The lowest BCUT2D eigenvalue weighted by atomic mass is 10.3. The van der Waals surface area contributed by atoms with Crippen molar-refractivity contribution in [2.24, 2.45) is 0 Å². The third-order valence-corrected chi connectivity index (χ3v) is 2.94. The Labute approximate surface area is 120 Å². The molecule has 2 N–H and O–H groups in total. The van der Waals surface area contributed by atoms with Gasteiger partial charge in [0.05, 0.1) is 10.7 Å². The molecule has 0 unspecified atom stereocenters. The lowest BCUT2D eigenvalue weighted by Crippen LogP contribution is -2.12. The Bertz CT molecular complexity index is 656. The summed E-state index contributed by atoms with van der Waals surface area (Å²) in [6.45, 7) is 0. The highest BCUT2D eigenvalue weighted by Gasteiger charge is 2.17. The molecule has 0 saturated carbocycles. The number of aromatic carboxylic acids is 1. The third-order valence-electron chi connectivity index (χ3n) is 2.13. The maximum atomic E-state index is 11.8. The van der Waals surface area contributed by atoms with Gasteiger partial charge in [-0.25, -0.2) is 4.79 Å². The number of carboxylic acids is 1. The van der Waals surface area contributed by atoms with Gasteiger partial charge in [0.1, 0.15) is 0 Å². The van der Waals surface area contributed by atoms with Gasteiger partial charge in [-0.05, 0) is 18.2 Å². The van der Waals surface area contributed by atoms with Crippen LogP contribution in [0.5, 0.6) is 0 Å². The van der Waals surface area contributed by atoms with E-state index in [1.54, 1.807) is 18.2 Å². The molecule has 8 heteroatoms. The summed E-state index contributed by atoms with van der Waals surface area (Å²) < 4.78 is 5.25. The Hall–Kier alpha value is -1.86. The number of hydrogen-bond acceptors (Lipinski definition) is 4. The fraction of sp³-hybridized carbons (Fsp3) is 0. The van der Waals surface area contributed by atoms with Gasteiger partial charge in [-0.3, -0.25) is 4.79 Å². The molecule has 1 aromatic heterocycles. The van der Waals surface area contributed by atoms with Gasteiger partial charge in [0, 0.05) is 10.5 Å². The van der Waals surface area contributed by atoms with E-state index in [1.807, 2.05) is 0 Å². The number of halogens is 2. The summed E-state index contributed by atoms with van der Waals surface area (Å²) in [6, 6.07) is 5.95. The Balaban J connectivity index is 2.18. The highest BCUT2D eigenvalue weighted by Crippen LogP contribution is 2.26. The number of hydrogen-bond donors (Lipinski definition) is 2. The molecule has 0 atom stereocenters. The SMILES string of the molecule is O=C(Nc1ccc(Br)cc1Cl)c1cc(C(=O)O)on1. The Morgan fingerprint density at radius 2 is 2.11 bits per heavy atom. The fourth-order valence-corrected chi connectivity index (χ4v) is 1.98. The van der Waals surface area contributed by atoms with E-state index in [9.17, 15) is 9.59 Å². The van der Waals surface area contributed by atoms with Crippen LogP contribution in [0.4, 0.5) is 5.69 Å². The van der Waals surface area contributed by atoms with Gasteiger partial charge in [-0.2, -0.15) is 0 Å². The highest BCUT2D eigenvalue weighted by molar-refractivity contribution is 9.10. The molecule has 1 amide bonds. The van der Waals surface area contributed by atoms with Crippen LogP contribution in [0.25, 0.3) is 0 Å². The highest BCUT2D eigenvalue weighted by atomic mass is 79.9. The van der Waals surface area contributed by atoms with Crippen molar-refractivity contribution in [2.75, 3.05) is 5.32 Å². The van der Waals surface area contributed by atoms with Gasteiger partial charge in [0.2, 0.25) is 5.76 Å². The number of carbonyl (C=O) groups is 2. The molecule has 0 fully saturated rings. The van der Waals surface area contributed by atoms with E-state index in [4.69, 9.17) is 16.7 Å². The van der Waals surface area contributed by atoms with Crippen LogP contribution >= 0.6 is 27.5 Å². The molecule has 2 rings (SSSR count). The molecule has 1 aromatic carbocycles. The predicted octanol–water partition coefficient (Wildman–Crippen LogP) is 3.04. The van der Waals surface area contributed by atoms with Gasteiger partial charge in [-0.1, -0.05) is 32.7 Å². The molecule has 19 heavy (non-hydrogen) atoms. The van der Waals surface area contributed by atoms with Gasteiger partial charge in [-0.15, -0.1) is 0 Å². The predicted molar refractivity (Wildman–Crippen MR) is 70.6 cm³/mol. The molecular weight excluding hydrogens is 339 g/mol. The Morgan fingerprint density at radius 3 is 2.68 bits per heavy atom. The van der Waals surface area contributed by atoms with Crippen molar-refractivity contribution >= 4 is 45.1 Å². The molecule has 0 aliphatic heterocycles. The zero-order chi connectivity index (χ0) is 14.0. The Kier molecular flexibility index (Phi) is 3.87. The molecule has 2 aromatic rings. The van der Waals surface area contributed by atoms with E-state index >= 15 is 0 Å². The summed E-state index contributed by atoms with van der Waals surface area (Å²) in [7, 11) is 0. The number of carboxylic acid groups (broad SMARTS) is 1. The van der Waals surface area contributed by atoms with E-state index < -0.39 is 17.6 Å². The maximum absolute atomic E-state index is 11.8. The van der Waals surface area contributed by atoms with Crippen LogP contribution in [0.2, 0.25) is 5.02 Å². The van der Waals surface area contributed by atoms with Gasteiger partial charge >= 0.3 is 5.97 Å². The average molecular weight is 346 g/mol. The molecule has 6 nitrogen and oxygen atoms in total. The first-order valence-electron chi connectivity index (χ1n) is 4.94. The summed E-state index contributed by atoms with van der Waals surface area (Å²) in [5.41, 5.74) is 0.242. The second kappa shape index (κ2) is 5.41. The summed E-state index contributed by atoms with van der Waals surface area (Å²) in [5, 5.41) is 14.8. The standard InChI is InChI=1S/C11H6BrClN2O4/c12-5-1-2-7(6(13)3-5)14-10(16)8-4-9(11(17)18)19-15-8/h1-4H,(H,14,16)(H,17,18). The van der Waals surface area contributed by atoms with Crippen molar-refractivity contribution in [3.05, 3.63) is 45.2 Å². The maximum Gasteiger partial charge on any atom is 0.374 e. The van der Waals surface area contributed by atoms with Crippen LogP contribution < -0.4 is 5.32 Å². The van der Waals surface area contributed by atoms with Gasteiger partial charge < -0.3 is 14.9 Å². The van der Waals surface area contributed by atoms with E-state index in [0.29, 0.717) is 10.7 Å². The van der Waals surface area contributed by atoms with Crippen LogP contribution in [0, 0.1) is 0 Å². The molecule has 0 bridgehead atoms. The Morgan fingerprint density at radius 1 is 1.37 bits per heavy atom. The number of aromatic nitrogens is 1. The number of nitrogens with one attached hydrogen (secondary N) is 1. The lowest BCUT2D eigenvalue weighted by molar-refractivity contribution is 0.0651. The zero-order valence-electron chi connectivity index (χ0n) is 9.18. The molecule has 0 aliphatic rings. The summed E-state index contributed by atoms with van der Waals surface area (Å²) in [6.07, 6.45) is 0. The molecule has 0 aliphatic carbocycles. The second-order valence-corrected chi connectivity index (χ2v) is 4.78. The monoisotopic (exact) mass is 344 g/mol. The number of carbonyl (C=O) groups excluding carboxylic acids is 1. The quantitative estimate of drug-likeness (QED) is 0.892. The van der Waals surface area contributed by atoms with Crippen molar-refractivity contribution in [1.29, 1.82) is 0 Å². The summed E-state index contributed by atoms with van der Waals surface area (Å²) in [4.78, 5) is 22.4. The van der Waals surface area contributed by atoms with E-state index in [2.05, 4.69) is 30.9 Å². The van der Waals surface area contributed by atoms with Crippen LogP contribution in [-0.4, -0.2) is 22.1 Å². The van der Waals surface area contributed by atoms with Gasteiger partial charge in [0.15, 0.2) is 5.69 Å². The molecule has 1 heterocycles. The zero-order valence-corrected chi connectivity index (χ0v) is 11.5. The van der Waals surface area contributed by atoms with Crippen molar-refractivity contribution < 1.29 is 19.2 Å². The largest absolute Gasteiger partial charge is 0.475 e. The minimum Gasteiger partial charge on any atom is -0.475 e. The molecule has 98 valence electrons. The van der Waals surface area contributed by atoms with Crippen molar-refractivity contribution in [2.45, 2.75) is 0 Å². The van der Waals surface area contributed by atoms with Crippen LogP contribution in [0.15, 0.2) is 33.3 Å². The van der Waals surface area contributed by atoms with E-state index in [1.165, 1.54) is 0 Å². The van der Waals surface area contributed by atoms with Crippen molar-refractivity contribution in [3.63, 3.8) is 0 Å². The number of anilines is 1. The smallest absolute Gasteiger partial charge is 0.374 e. The van der Waals surface area contributed by atoms with Crippen LogP contribution in [-0.2, 0) is 0 Å². The first-order chi connectivity index (χ1) is 8.97. The molecule has 0 spiro atoms.